The minimum Gasteiger partial charge on any atom is -0.462 e. The number of ether oxygens (including phenoxy) is 4. The SMILES string of the molecule is CCCCCCCCCCCCCCCCCCCCCCCC(=O)O[C@H](COC(=O)CCCCCCCCCCCCCCCCC(C)CC)COP(=O)(O)OC[C@@H](O)COP(=O)(O)OC[C@@H](COC(=O)CCCCCCCCC(C)C)OC(=O)CCCCCCCCCCCCCCCCCCCC. The molecule has 3 N–H and O–H groups in total. The summed E-state index contributed by atoms with van der Waals surface area (Å²) in [6.07, 6.45) is 71.0. The number of phosphoric acid groups is 2. The van der Waals surface area contributed by atoms with E-state index in [9.17, 15) is 43.2 Å². The highest BCUT2D eigenvalue weighted by Crippen LogP contribution is 2.45. The first-order chi connectivity index (χ1) is 51.4. The van der Waals surface area contributed by atoms with Gasteiger partial charge in [0.1, 0.15) is 19.3 Å². The van der Waals surface area contributed by atoms with Crippen LogP contribution in [0.2, 0.25) is 0 Å². The van der Waals surface area contributed by atoms with Gasteiger partial charge in [0.05, 0.1) is 26.4 Å². The minimum absolute atomic E-state index is 0.108. The van der Waals surface area contributed by atoms with Crippen molar-refractivity contribution in [2.24, 2.45) is 11.8 Å². The van der Waals surface area contributed by atoms with Crippen LogP contribution in [-0.4, -0.2) is 96.7 Å². The Labute approximate surface area is 651 Å². The molecule has 0 saturated heterocycles. The molecule has 0 bridgehead atoms. The van der Waals surface area contributed by atoms with Crippen molar-refractivity contribution in [3.05, 3.63) is 0 Å². The normalized spacial score (nSPS) is 14.1. The van der Waals surface area contributed by atoms with Crippen LogP contribution in [0.3, 0.4) is 0 Å². The summed E-state index contributed by atoms with van der Waals surface area (Å²) >= 11 is 0. The zero-order valence-corrected chi connectivity index (χ0v) is 71.5. The zero-order chi connectivity index (χ0) is 77.8. The van der Waals surface area contributed by atoms with E-state index in [0.717, 1.165) is 102 Å². The first-order valence-electron chi connectivity index (χ1n) is 45.0. The molecule has 0 fully saturated rings. The van der Waals surface area contributed by atoms with Crippen LogP contribution < -0.4 is 0 Å². The van der Waals surface area contributed by atoms with Gasteiger partial charge in [-0.2, -0.15) is 0 Å². The summed E-state index contributed by atoms with van der Waals surface area (Å²) in [7, 11) is -9.93. The van der Waals surface area contributed by atoms with E-state index in [1.54, 1.807) is 0 Å². The van der Waals surface area contributed by atoms with Crippen LogP contribution >= 0.6 is 15.6 Å². The van der Waals surface area contributed by atoms with E-state index in [2.05, 4.69) is 41.5 Å². The number of hydrogen-bond donors (Lipinski definition) is 3. The van der Waals surface area contributed by atoms with E-state index < -0.39 is 97.5 Å². The van der Waals surface area contributed by atoms with E-state index >= 15 is 0 Å². The molecule has 0 aliphatic rings. The Bertz CT molecular complexity index is 2030. The van der Waals surface area contributed by atoms with Crippen molar-refractivity contribution in [3.63, 3.8) is 0 Å². The molecule has 0 aliphatic carbocycles. The topological polar surface area (TPSA) is 237 Å². The van der Waals surface area contributed by atoms with Crippen molar-refractivity contribution in [1.82, 2.24) is 0 Å². The van der Waals surface area contributed by atoms with Crippen molar-refractivity contribution >= 4 is 39.5 Å². The highest BCUT2D eigenvalue weighted by Gasteiger charge is 2.30. The predicted molar refractivity (Wildman–Crippen MR) is 437 cm³/mol. The molecule has 106 heavy (non-hydrogen) atoms. The van der Waals surface area contributed by atoms with E-state index in [1.165, 1.54) is 276 Å². The smallest absolute Gasteiger partial charge is 0.462 e. The quantitative estimate of drug-likeness (QED) is 0.0222. The van der Waals surface area contributed by atoms with Gasteiger partial charge in [-0.3, -0.25) is 37.3 Å². The number of hydrogen-bond acceptors (Lipinski definition) is 15. The molecule has 0 saturated carbocycles. The fourth-order valence-electron chi connectivity index (χ4n) is 13.6. The van der Waals surface area contributed by atoms with Crippen LogP contribution in [0.5, 0.6) is 0 Å². The summed E-state index contributed by atoms with van der Waals surface area (Å²) in [5, 5.41) is 10.7. The van der Waals surface area contributed by atoms with E-state index in [1.807, 2.05) is 0 Å². The molecule has 17 nitrogen and oxygen atoms in total. The second kappa shape index (κ2) is 78.3. The molecule has 0 spiro atoms. The third kappa shape index (κ3) is 78.7. The molecule has 0 amide bonds. The number of esters is 4. The van der Waals surface area contributed by atoms with E-state index in [-0.39, 0.29) is 25.7 Å². The lowest BCUT2D eigenvalue weighted by Gasteiger charge is -2.21. The maximum absolute atomic E-state index is 13.2. The minimum atomic E-state index is -4.97. The van der Waals surface area contributed by atoms with E-state index in [0.29, 0.717) is 31.6 Å². The second-order valence-electron chi connectivity index (χ2n) is 32.0. The lowest BCUT2D eigenvalue weighted by atomic mass is 9.99. The first-order valence-corrected chi connectivity index (χ1v) is 48.0. The van der Waals surface area contributed by atoms with Crippen molar-refractivity contribution < 1.29 is 80.2 Å². The van der Waals surface area contributed by atoms with Gasteiger partial charge in [-0.1, -0.05) is 414 Å². The molecule has 0 heterocycles. The molecule has 3 unspecified atom stereocenters. The van der Waals surface area contributed by atoms with Crippen LogP contribution in [0.15, 0.2) is 0 Å². The molecule has 0 radical (unpaired) electrons. The number of aliphatic hydroxyl groups excluding tert-OH is 1. The zero-order valence-electron chi connectivity index (χ0n) is 69.7. The fraction of sp³-hybridized carbons (Fsp3) is 0.954. The number of aliphatic hydroxyl groups is 1. The van der Waals surface area contributed by atoms with Gasteiger partial charge in [-0.25, -0.2) is 9.13 Å². The molecular formula is C87H170O17P2. The van der Waals surface area contributed by atoms with Crippen LogP contribution in [0, 0.1) is 11.8 Å². The number of unbranched alkanes of at least 4 members (excludes halogenated alkanes) is 55. The monoisotopic (exact) mass is 1550 g/mol. The van der Waals surface area contributed by atoms with Gasteiger partial charge < -0.3 is 33.8 Å². The van der Waals surface area contributed by atoms with Gasteiger partial charge in [-0.05, 0) is 37.5 Å². The Morgan fingerprint density at radius 3 is 0.717 bits per heavy atom. The summed E-state index contributed by atoms with van der Waals surface area (Å²) in [5.74, 6) is -0.574. The lowest BCUT2D eigenvalue weighted by molar-refractivity contribution is -0.161. The van der Waals surface area contributed by atoms with Crippen LogP contribution in [0.25, 0.3) is 0 Å². The molecule has 0 aliphatic heterocycles. The van der Waals surface area contributed by atoms with E-state index in [4.69, 9.17) is 37.0 Å². The molecular weight excluding hydrogens is 1380 g/mol. The van der Waals surface area contributed by atoms with Gasteiger partial charge in [0.25, 0.3) is 0 Å². The van der Waals surface area contributed by atoms with Gasteiger partial charge >= 0.3 is 39.5 Å². The highest BCUT2D eigenvalue weighted by molar-refractivity contribution is 7.47. The van der Waals surface area contributed by atoms with Crippen LogP contribution in [0.1, 0.15) is 465 Å². The summed E-state index contributed by atoms with van der Waals surface area (Å²) in [6.45, 7) is 9.65. The largest absolute Gasteiger partial charge is 0.472 e. The molecule has 0 rings (SSSR count). The first kappa shape index (κ1) is 104. The van der Waals surface area contributed by atoms with Crippen LogP contribution in [-0.2, 0) is 65.4 Å². The maximum atomic E-state index is 13.2. The predicted octanol–water partition coefficient (Wildman–Crippen LogP) is 26.6. The fourth-order valence-corrected chi connectivity index (χ4v) is 15.1. The molecule has 6 atom stereocenters. The number of rotatable bonds is 86. The van der Waals surface area contributed by atoms with Crippen molar-refractivity contribution in [2.75, 3.05) is 39.6 Å². The summed E-state index contributed by atoms with van der Waals surface area (Å²) < 4.78 is 68.9. The molecule has 630 valence electrons. The Hall–Kier alpha value is -1.94. The van der Waals surface area contributed by atoms with Gasteiger partial charge in [0.15, 0.2) is 12.2 Å². The molecule has 19 heteroatoms. The highest BCUT2D eigenvalue weighted by atomic mass is 31.2. The molecule has 0 aromatic carbocycles. The lowest BCUT2D eigenvalue weighted by Crippen LogP contribution is -2.30. The summed E-state index contributed by atoms with van der Waals surface area (Å²) in [4.78, 5) is 73.2. The van der Waals surface area contributed by atoms with Gasteiger partial charge in [0, 0.05) is 25.7 Å². The Morgan fingerprint density at radius 1 is 0.274 bits per heavy atom. The standard InChI is InChI=1S/C87H170O17P2/c1-7-10-12-14-16-18-20-22-24-26-28-29-30-32-34-40-44-48-52-60-65-71-86(91)103-82(75-97-84(89)69-63-57-50-46-42-38-36-35-37-41-45-49-56-62-68-80(6)9-3)77-101-105(93,94)99-73-81(88)74-100-106(95,96)102-78-83(76-98-85(90)70-64-58-54-53-55-61-67-79(4)5)104-87(92)72-66-59-51-47-43-39-33-31-27-25-23-21-19-17-15-13-11-8-2/h79-83,88H,7-78H2,1-6H3,(H,93,94)(H,95,96)/t80?,81-,82-,83-/m1/s1. The third-order valence-corrected chi connectivity index (χ3v) is 22.7. The number of carbonyl (C=O) groups is 4. The third-order valence-electron chi connectivity index (χ3n) is 20.8. The Kier molecular flexibility index (Phi) is 76.9. The van der Waals surface area contributed by atoms with Gasteiger partial charge in [0.2, 0.25) is 0 Å². The average Bonchev–Trinajstić information content (AvgIpc) is 0.901. The van der Waals surface area contributed by atoms with Crippen molar-refractivity contribution in [1.29, 1.82) is 0 Å². The summed E-state index contributed by atoms with van der Waals surface area (Å²) in [6, 6.07) is 0. The number of carbonyl (C=O) groups excluding carboxylic acids is 4. The average molecular weight is 1550 g/mol. The molecule has 0 aromatic rings. The maximum Gasteiger partial charge on any atom is 0.472 e. The number of phosphoric ester groups is 2. The van der Waals surface area contributed by atoms with Gasteiger partial charge in [-0.15, -0.1) is 0 Å². The Morgan fingerprint density at radius 2 is 0.481 bits per heavy atom. The van der Waals surface area contributed by atoms with Crippen molar-refractivity contribution in [3.8, 4) is 0 Å². The summed E-state index contributed by atoms with van der Waals surface area (Å²) in [5.41, 5.74) is 0. The van der Waals surface area contributed by atoms with Crippen LogP contribution in [0.4, 0.5) is 0 Å². The molecule has 0 aromatic heterocycles. The second-order valence-corrected chi connectivity index (χ2v) is 34.9. The Balaban J connectivity index is 5.21. The van der Waals surface area contributed by atoms with Crippen molar-refractivity contribution in [2.45, 2.75) is 484 Å².